The number of nitrogens with one attached hydrogen (secondary N) is 1. The fourth-order valence-electron chi connectivity index (χ4n) is 2.24. The van der Waals surface area contributed by atoms with E-state index in [1.165, 1.54) is 12.7 Å². The van der Waals surface area contributed by atoms with Crippen molar-refractivity contribution in [3.05, 3.63) is 16.0 Å². The monoisotopic (exact) mass is 319 g/mol. The van der Waals surface area contributed by atoms with Gasteiger partial charge in [0, 0.05) is 0 Å². The standard InChI is InChI=1S/C11H15BrClN3O/c12-8-9(13)14-7-15-10(8)16-11(6-17)4-2-1-3-5-11/h7,17H,1-6H2,(H,14,15,16). The first-order valence-corrected chi connectivity index (χ1v) is 6.89. The lowest BCUT2D eigenvalue weighted by Gasteiger charge is -2.37. The molecule has 0 saturated heterocycles. The SMILES string of the molecule is OCC1(Nc2ncnc(Cl)c2Br)CCCCC1. The molecule has 1 saturated carbocycles. The Kier molecular flexibility index (Phi) is 4.22. The minimum absolute atomic E-state index is 0.112. The summed E-state index contributed by atoms with van der Waals surface area (Å²) in [5, 5.41) is 13.3. The van der Waals surface area contributed by atoms with E-state index in [0.717, 1.165) is 25.7 Å². The van der Waals surface area contributed by atoms with Crippen LogP contribution in [0.5, 0.6) is 0 Å². The lowest BCUT2D eigenvalue weighted by atomic mass is 9.82. The van der Waals surface area contributed by atoms with E-state index in [-0.39, 0.29) is 12.1 Å². The van der Waals surface area contributed by atoms with Gasteiger partial charge in [-0.25, -0.2) is 9.97 Å². The molecule has 1 fully saturated rings. The zero-order valence-corrected chi connectivity index (χ0v) is 11.8. The number of aromatic nitrogens is 2. The predicted octanol–water partition coefficient (Wildman–Crippen LogP) is 3.00. The van der Waals surface area contributed by atoms with E-state index in [2.05, 4.69) is 31.2 Å². The van der Waals surface area contributed by atoms with Crippen molar-refractivity contribution in [3.63, 3.8) is 0 Å². The Morgan fingerprint density at radius 2 is 2.06 bits per heavy atom. The zero-order valence-electron chi connectivity index (χ0n) is 9.42. The Morgan fingerprint density at radius 1 is 1.35 bits per heavy atom. The van der Waals surface area contributed by atoms with Crippen molar-refractivity contribution in [3.8, 4) is 0 Å². The summed E-state index contributed by atoms with van der Waals surface area (Å²) in [7, 11) is 0. The highest BCUT2D eigenvalue weighted by molar-refractivity contribution is 9.10. The third kappa shape index (κ3) is 2.89. The third-order valence-electron chi connectivity index (χ3n) is 3.24. The third-order valence-corrected chi connectivity index (χ3v) is 4.51. The molecule has 94 valence electrons. The second kappa shape index (κ2) is 5.50. The molecule has 0 atom stereocenters. The van der Waals surface area contributed by atoms with Gasteiger partial charge in [0.05, 0.1) is 16.6 Å². The van der Waals surface area contributed by atoms with Crippen molar-refractivity contribution >= 4 is 33.3 Å². The Hall–Kier alpha value is -0.390. The first-order chi connectivity index (χ1) is 8.17. The van der Waals surface area contributed by atoms with Gasteiger partial charge in [0.15, 0.2) is 0 Å². The van der Waals surface area contributed by atoms with Crippen LogP contribution in [0.1, 0.15) is 32.1 Å². The lowest BCUT2D eigenvalue weighted by molar-refractivity contribution is 0.172. The van der Waals surface area contributed by atoms with Crippen LogP contribution in [-0.2, 0) is 0 Å². The zero-order chi connectivity index (χ0) is 12.3. The molecule has 0 aromatic carbocycles. The Labute approximate surface area is 114 Å². The maximum atomic E-state index is 9.61. The second-order valence-corrected chi connectivity index (χ2v) is 5.60. The summed E-state index contributed by atoms with van der Waals surface area (Å²) >= 11 is 9.28. The van der Waals surface area contributed by atoms with E-state index >= 15 is 0 Å². The van der Waals surface area contributed by atoms with Crippen LogP contribution < -0.4 is 5.32 Å². The van der Waals surface area contributed by atoms with E-state index in [0.29, 0.717) is 15.4 Å². The molecule has 0 radical (unpaired) electrons. The minimum Gasteiger partial charge on any atom is -0.394 e. The molecule has 17 heavy (non-hydrogen) atoms. The van der Waals surface area contributed by atoms with Gasteiger partial charge in [-0.1, -0.05) is 30.9 Å². The number of halogens is 2. The van der Waals surface area contributed by atoms with E-state index in [9.17, 15) is 5.11 Å². The summed E-state index contributed by atoms with van der Waals surface area (Å²) in [6.07, 6.45) is 6.82. The van der Waals surface area contributed by atoms with Crippen LogP contribution in [0.4, 0.5) is 5.82 Å². The molecular formula is C11H15BrClN3O. The van der Waals surface area contributed by atoms with E-state index in [1.54, 1.807) is 0 Å². The maximum absolute atomic E-state index is 9.61. The van der Waals surface area contributed by atoms with Gasteiger partial charge in [-0.2, -0.15) is 0 Å². The van der Waals surface area contributed by atoms with Crippen LogP contribution in [0.25, 0.3) is 0 Å². The van der Waals surface area contributed by atoms with Gasteiger partial charge in [-0.3, -0.25) is 0 Å². The van der Waals surface area contributed by atoms with Gasteiger partial charge in [0.2, 0.25) is 0 Å². The number of nitrogens with zero attached hydrogens (tertiary/aromatic N) is 2. The van der Waals surface area contributed by atoms with Gasteiger partial charge >= 0.3 is 0 Å². The first-order valence-electron chi connectivity index (χ1n) is 5.72. The van der Waals surface area contributed by atoms with E-state index in [4.69, 9.17) is 11.6 Å². The number of rotatable bonds is 3. The van der Waals surface area contributed by atoms with Crippen LogP contribution in [0.15, 0.2) is 10.8 Å². The van der Waals surface area contributed by atoms with E-state index < -0.39 is 0 Å². The summed E-state index contributed by atoms with van der Waals surface area (Å²) < 4.78 is 0.653. The van der Waals surface area contributed by atoms with E-state index in [1.807, 2.05) is 0 Å². The highest BCUT2D eigenvalue weighted by Crippen LogP contribution is 2.34. The molecule has 1 aromatic rings. The van der Waals surface area contributed by atoms with Crippen molar-refractivity contribution in [1.82, 2.24) is 9.97 Å². The largest absolute Gasteiger partial charge is 0.394 e. The summed E-state index contributed by atoms with van der Waals surface area (Å²) in [6, 6.07) is 0. The Morgan fingerprint density at radius 3 is 2.71 bits per heavy atom. The highest BCUT2D eigenvalue weighted by atomic mass is 79.9. The molecule has 1 aliphatic carbocycles. The molecule has 6 heteroatoms. The summed E-state index contributed by atoms with van der Waals surface area (Å²) in [6.45, 7) is 0.112. The van der Waals surface area contributed by atoms with Crippen molar-refractivity contribution in [1.29, 1.82) is 0 Å². The van der Waals surface area contributed by atoms with Gasteiger partial charge in [-0.15, -0.1) is 0 Å². The van der Waals surface area contributed by atoms with Crippen LogP contribution in [0.2, 0.25) is 5.15 Å². The average molecular weight is 321 g/mol. The maximum Gasteiger partial charge on any atom is 0.148 e. The summed E-state index contributed by atoms with van der Waals surface area (Å²) in [4.78, 5) is 8.05. The number of anilines is 1. The Bertz CT molecular complexity index is 396. The number of aliphatic hydroxyl groups is 1. The predicted molar refractivity (Wildman–Crippen MR) is 71.3 cm³/mol. The van der Waals surface area contributed by atoms with Crippen LogP contribution in [-0.4, -0.2) is 27.2 Å². The molecule has 2 N–H and O–H groups in total. The molecular weight excluding hydrogens is 305 g/mol. The molecule has 1 heterocycles. The molecule has 0 unspecified atom stereocenters. The average Bonchev–Trinajstić information content (AvgIpc) is 2.36. The van der Waals surface area contributed by atoms with Gasteiger partial charge in [-0.05, 0) is 28.8 Å². The normalized spacial score (nSPS) is 19.0. The van der Waals surface area contributed by atoms with Crippen LogP contribution in [0.3, 0.4) is 0 Å². The van der Waals surface area contributed by atoms with Crippen LogP contribution >= 0.6 is 27.5 Å². The van der Waals surface area contributed by atoms with Gasteiger partial charge < -0.3 is 10.4 Å². The quantitative estimate of drug-likeness (QED) is 0.841. The molecule has 0 bridgehead atoms. The highest BCUT2D eigenvalue weighted by Gasteiger charge is 2.32. The smallest absolute Gasteiger partial charge is 0.148 e. The molecule has 1 aliphatic rings. The van der Waals surface area contributed by atoms with Crippen molar-refractivity contribution in [2.75, 3.05) is 11.9 Å². The number of aliphatic hydroxyl groups excluding tert-OH is 1. The fourth-order valence-corrected chi connectivity index (χ4v) is 2.67. The molecule has 1 aromatic heterocycles. The molecule has 0 spiro atoms. The summed E-state index contributed by atoms with van der Waals surface area (Å²) in [5.74, 6) is 0.654. The second-order valence-electron chi connectivity index (χ2n) is 4.45. The lowest BCUT2D eigenvalue weighted by Crippen LogP contribution is -2.44. The van der Waals surface area contributed by atoms with Crippen LogP contribution in [0, 0.1) is 0 Å². The minimum atomic E-state index is -0.265. The van der Waals surface area contributed by atoms with Crippen molar-refractivity contribution in [2.45, 2.75) is 37.6 Å². The number of hydrogen-bond acceptors (Lipinski definition) is 4. The molecule has 2 rings (SSSR count). The first kappa shape index (κ1) is 13.1. The van der Waals surface area contributed by atoms with Gasteiger partial charge in [0.1, 0.15) is 17.3 Å². The molecule has 4 nitrogen and oxygen atoms in total. The number of hydrogen-bond donors (Lipinski definition) is 2. The summed E-state index contributed by atoms with van der Waals surface area (Å²) in [5.41, 5.74) is -0.265. The topological polar surface area (TPSA) is 58.0 Å². The Balaban J connectivity index is 2.20. The fraction of sp³-hybridized carbons (Fsp3) is 0.636. The molecule has 0 amide bonds. The van der Waals surface area contributed by atoms with Gasteiger partial charge in [0.25, 0.3) is 0 Å². The van der Waals surface area contributed by atoms with Crippen molar-refractivity contribution < 1.29 is 5.11 Å². The van der Waals surface area contributed by atoms with Crippen molar-refractivity contribution in [2.24, 2.45) is 0 Å². The molecule has 0 aliphatic heterocycles.